The third kappa shape index (κ3) is 3.94. The maximum atomic E-state index is 12.6. The summed E-state index contributed by atoms with van der Waals surface area (Å²) in [5, 5.41) is 11.9. The molecule has 0 aliphatic rings. The van der Waals surface area contributed by atoms with Crippen LogP contribution in [0.25, 0.3) is 0 Å². The number of carbonyl (C=O) groups is 1. The standard InChI is InChI=1S/C13H11F3N2O2S/c1-7-10(6-11(19)20)21-12(17-7)18-9-4-2-3-8(5-9)13(14,15)16/h2-5H,6H2,1H3,(H,17,18)(H,19,20). The van der Waals surface area contributed by atoms with E-state index in [1.807, 2.05) is 0 Å². The van der Waals surface area contributed by atoms with Crippen LogP contribution >= 0.6 is 11.3 Å². The number of nitrogens with one attached hydrogen (secondary N) is 1. The molecule has 0 radical (unpaired) electrons. The van der Waals surface area contributed by atoms with Gasteiger partial charge in [0.1, 0.15) is 0 Å². The SMILES string of the molecule is Cc1nc(Nc2cccc(C(F)(F)F)c2)sc1CC(=O)O. The van der Waals surface area contributed by atoms with E-state index in [2.05, 4.69) is 10.3 Å². The highest BCUT2D eigenvalue weighted by atomic mass is 32.1. The number of benzene rings is 1. The molecule has 112 valence electrons. The third-order valence-electron chi connectivity index (χ3n) is 2.65. The summed E-state index contributed by atoms with van der Waals surface area (Å²) in [6, 6.07) is 4.74. The van der Waals surface area contributed by atoms with Crippen LogP contribution in [-0.4, -0.2) is 16.1 Å². The van der Waals surface area contributed by atoms with E-state index < -0.39 is 17.7 Å². The lowest BCUT2D eigenvalue weighted by Crippen LogP contribution is -2.05. The number of nitrogens with zero attached hydrogens (tertiary/aromatic N) is 1. The third-order valence-corrected chi connectivity index (χ3v) is 3.72. The Morgan fingerprint density at radius 3 is 2.76 bits per heavy atom. The summed E-state index contributed by atoms with van der Waals surface area (Å²) in [6.07, 6.45) is -4.57. The van der Waals surface area contributed by atoms with Gasteiger partial charge in [0.25, 0.3) is 0 Å². The zero-order valence-corrected chi connectivity index (χ0v) is 11.7. The molecule has 0 saturated heterocycles. The first-order chi connectivity index (χ1) is 9.75. The number of alkyl halides is 3. The molecule has 0 saturated carbocycles. The summed E-state index contributed by atoms with van der Waals surface area (Å²) in [7, 11) is 0. The number of anilines is 2. The minimum absolute atomic E-state index is 0.159. The summed E-state index contributed by atoms with van der Waals surface area (Å²) in [4.78, 5) is 15.4. The lowest BCUT2D eigenvalue weighted by atomic mass is 10.2. The Morgan fingerprint density at radius 1 is 1.43 bits per heavy atom. The van der Waals surface area contributed by atoms with Crippen molar-refractivity contribution in [2.45, 2.75) is 19.5 Å². The Morgan fingerprint density at radius 2 is 2.14 bits per heavy atom. The molecule has 21 heavy (non-hydrogen) atoms. The molecule has 0 aliphatic carbocycles. The van der Waals surface area contributed by atoms with Crippen LogP contribution in [0.3, 0.4) is 0 Å². The van der Waals surface area contributed by atoms with Crippen LogP contribution in [0.2, 0.25) is 0 Å². The van der Waals surface area contributed by atoms with Gasteiger partial charge in [0.15, 0.2) is 5.13 Å². The zero-order chi connectivity index (χ0) is 15.6. The van der Waals surface area contributed by atoms with Gasteiger partial charge in [-0.05, 0) is 25.1 Å². The monoisotopic (exact) mass is 316 g/mol. The first kappa shape index (κ1) is 15.3. The molecule has 1 heterocycles. The Labute approximate surface area is 122 Å². The number of aryl methyl sites for hydroxylation is 1. The second-order valence-corrected chi connectivity index (χ2v) is 5.39. The fourth-order valence-electron chi connectivity index (χ4n) is 1.68. The summed E-state index contributed by atoms with van der Waals surface area (Å²) < 4.78 is 37.8. The van der Waals surface area contributed by atoms with Gasteiger partial charge in [0.2, 0.25) is 0 Å². The molecular weight excluding hydrogens is 305 g/mol. The second kappa shape index (κ2) is 5.72. The minimum Gasteiger partial charge on any atom is -0.481 e. The maximum absolute atomic E-state index is 12.6. The van der Waals surface area contributed by atoms with E-state index in [-0.39, 0.29) is 12.1 Å². The van der Waals surface area contributed by atoms with E-state index in [4.69, 9.17) is 5.11 Å². The largest absolute Gasteiger partial charge is 0.481 e. The van der Waals surface area contributed by atoms with E-state index in [0.29, 0.717) is 15.7 Å². The van der Waals surface area contributed by atoms with Crippen LogP contribution in [0.15, 0.2) is 24.3 Å². The number of aromatic nitrogens is 1. The molecule has 0 fully saturated rings. The molecule has 0 atom stereocenters. The van der Waals surface area contributed by atoms with Crippen molar-refractivity contribution in [2.24, 2.45) is 0 Å². The smallest absolute Gasteiger partial charge is 0.416 e. The van der Waals surface area contributed by atoms with Gasteiger partial charge >= 0.3 is 12.1 Å². The van der Waals surface area contributed by atoms with Crippen LogP contribution in [0.4, 0.5) is 24.0 Å². The number of thiazole rings is 1. The van der Waals surface area contributed by atoms with Crippen LogP contribution in [-0.2, 0) is 17.4 Å². The topological polar surface area (TPSA) is 62.2 Å². The first-order valence-corrected chi connectivity index (χ1v) is 6.70. The number of halogens is 3. The predicted octanol–water partition coefficient (Wildman–Crippen LogP) is 3.84. The Balaban J connectivity index is 2.21. The number of aliphatic carboxylic acids is 1. The highest BCUT2D eigenvalue weighted by Crippen LogP contribution is 2.32. The first-order valence-electron chi connectivity index (χ1n) is 5.88. The number of carboxylic acids is 1. The van der Waals surface area contributed by atoms with Gasteiger partial charge in [0, 0.05) is 10.6 Å². The van der Waals surface area contributed by atoms with Crippen molar-refractivity contribution in [1.82, 2.24) is 4.98 Å². The number of hydrogen-bond donors (Lipinski definition) is 2. The van der Waals surface area contributed by atoms with Crippen LogP contribution in [0.1, 0.15) is 16.1 Å². The number of rotatable bonds is 4. The van der Waals surface area contributed by atoms with Crippen LogP contribution in [0, 0.1) is 6.92 Å². The molecule has 0 aliphatic heterocycles. The molecule has 1 aromatic heterocycles. The van der Waals surface area contributed by atoms with Gasteiger partial charge in [-0.3, -0.25) is 4.79 Å². The van der Waals surface area contributed by atoms with E-state index in [1.165, 1.54) is 12.1 Å². The zero-order valence-electron chi connectivity index (χ0n) is 10.9. The molecule has 2 N–H and O–H groups in total. The predicted molar refractivity (Wildman–Crippen MR) is 72.9 cm³/mol. The van der Waals surface area contributed by atoms with Gasteiger partial charge in [-0.2, -0.15) is 13.2 Å². The van der Waals surface area contributed by atoms with Crippen molar-refractivity contribution in [3.63, 3.8) is 0 Å². The van der Waals surface area contributed by atoms with Crippen LogP contribution < -0.4 is 5.32 Å². The minimum atomic E-state index is -4.41. The molecular formula is C13H11F3N2O2S. The van der Waals surface area contributed by atoms with Crippen molar-refractivity contribution in [3.05, 3.63) is 40.4 Å². The molecule has 8 heteroatoms. The van der Waals surface area contributed by atoms with Gasteiger partial charge in [-0.15, -0.1) is 11.3 Å². The summed E-state index contributed by atoms with van der Waals surface area (Å²) in [6.45, 7) is 1.66. The molecule has 0 unspecified atom stereocenters. The van der Waals surface area contributed by atoms with E-state index in [0.717, 1.165) is 23.5 Å². The Kier molecular flexibility index (Phi) is 4.17. The van der Waals surface area contributed by atoms with Gasteiger partial charge in [-0.1, -0.05) is 6.07 Å². The molecule has 4 nitrogen and oxygen atoms in total. The van der Waals surface area contributed by atoms with Crippen molar-refractivity contribution < 1.29 is 23.1 Å². The van der Waals surface area contributed by atoms with E-state index >= 15 is 0 Å². The highest BCUT2D eigenvalue weighted by molar-refractivity contribution is 7.15. The van der Waals surface area contributed by atoms with E-state index in [1.54, 1.807) is 6.92 Å². The molecule has 2 rings (SSSR count). The summed E-state index contributed by atoms with van der Waals surface area (Å²) in [5.74, 6) is -0.979. The van der Waals surface area contributed by atoms with Crippen molar-refractivity contribution in [1.29, 1.82) is 0 Å². The fraction of sp³-hybridized carbons (Fsp3) is 0.231. The van der Waals surface area contributed by atoms with Gasteiger partial charge in [-0.25, -0.2) is 4.98 Å². The van der Waals surface area contributed by atoms with Gasteiger partial charge < -0.3 is 10.4 Å². The molecule has 1 aromatic carbocycles. The number of carboxylic acid groups (broad SMARTS) is 1. The molecule has 0 spiro atoms. The van der Waals surface area contributed by atoms with Crippen molar-refractivity contribution in [2.75, 3.05) is 5.32 Å². The summed E-state index contributed by atoms with van der Waals surface area (Å²) in [5.41, 5.74) is 0.0452. The molecule has 0 amide bonds. The van der Waals surface area contributed by atoms with Gasteiger partial charge in [0.05, 0.1) is 17.7 Å². The number of hydrogen-bond acceptors (Lipinski definition) is 4. The van der Waals surface area contributed by atoms with Crippen molar-refractivity contribution in [3.8, 4) is 0 Å². The summed E-state index contributed by atoms with van der Waals surface area (Å²) >= 11 is 1.11. The quantitative estimate of drug-likeness (QED) is 0.899. The molecule has 0 bridgehead atoms. The lowest BCUT2D eigenvalue weighted by Gasteiger charge is -2.08. The van der Waals surface area contributed by atoms with E-state index in [9.17, 15) is 18.0 Å². The Hall–Kier alpha value is -2.09. The second-order valence-electron chi connectivity index (χ2n) is 4.30. The van der Waals surface area contributed by atoms with Crippen molar-refractivity contribution >= 4 is 28.1 Å². The average Bonchev–Trinajstić information content (AvgIpc) is 2.68. The lowest BCUT2D eigenvalue weighted by molar-refractivity contribution is -0.138. The highest BCUT2D eigenvalue weighted by Gasteiger charge is 2.30. The normalized spacial score (nSPS) is 11.4. The fourth-order valence-corrected chi connectivity index (χ4v) is 2.65. The van der Waals surface area contributed by atoms with Crippen LogP contribution in [0.5, 0.6) is 0 Å². The average molecular weight is 316 g/mol. The Bertz CT molecular complexity index is 668. The molecule has 2 aromatic rings. The maximum Gasteiger partial charge on any atom is 0.416 e.